The zero-order chi connectivity index (χ0) is 8.55. The number of benzene rings is 1. The van der Waals surface area contributed by atoms with Crippen molar-refractivity contribution in [1.29, 1.82) is 0 Å². The van der Waals surface area contributed by atoms with Gasteiger partial charge in [0.05, 0.1) is 10.4 Å². The number of rotatable bonds is 1. The van der Waals surface area contributed by atoms with E-state index in [-0.39, 0.29) is 0 Å². The molecule has 0 spiro atoms. The SMILES string of the molecule is NCc1nsc2c(Br)cccc12. The van der Waals surface area contributed by atoms with Crippen LogP contribution in [0.1, 0.15) is 5.69 Å². The van der Waals surface area contributed by atoms with Crippen LogP contribution in [-0.2, 0) is 6.54 Å². The van der Waals surface area contributed by atoms with E-state index in [9.17, 15) is 0 Å². The number of hydrogen-bond donors (Lipinski definition) is 1. The normalized spacial score (nSPS) is 10.8. The molecular weight excluding hydrogens is 236 g/mol. The highest BCUT2D eigenvalue weighted by Gasteiger charge is 2.05. The number of hydrogen-bond acceptors (Lipinski definition) is 3. The van der Waals surface area contributed by atoms with E-state index in [1.165, 1.54) is 16.2 Å². The fraction of sp³-hybridized carbons (Fsp3) is 0.125. The van der Waals surface area contributed by atoms with Gasteiger partial charge in [0, 0.05) is 16.4 Å². The minimum atomic E-state index is 0.510. The molecule has 12 heavy (non-hydrogen) atoms. The quantitative estimate of drug-likeness (QED) is 0.835. The molecule has 2 N–H and O–H groups in total. The van der Waals surface area contributed by atoms with E-state index >= 15 is 0 Å². The molecule has 2 aromatic rings. The van der Waals surface area contributed by atoms with Crippen LogP contribution in [0.2, 0.25) is 0 Å². The molecule has 1 aromatic heterocycles. The number of nitrogens with two attached hydrogens (primary N) is 1. The summed E-state index contributed by atoms with van der Waals surface area (Å²) in [5.74, 6) is 0. The average Bonchev–Trinajstić information content (AvgIpc) is 2.49. The summed E-state index contributed by atoms with van der Waals surface area (Å²) < 4.78 is 6.53. The largest absolute Gasteiger partial charge is 0.325 e. The van der Waals surface area contributed by atoms with E-state index in [0.717, 1.165) is 15.6 Å². The predicted molar refractivity (Wildman–Crippen MR) is 55.2 cm³/mol. The molecule has 4 heteroatoms. The van der Waals surface area contributed by atoms with Crippen LogP contribution in [0.15, 0.2) is 22.7 Å². The van der Waals surface area contributed by atoms with Crippen molar-refractivity contribution in [1.82, 2.24) is 4.37 Å². The summed E-state index contributed by atoms with van der Waals surface area (Å²) in [6.45, 7) is 0.510. The highest BCUT2D eigenvalue weighted by molar-refractivity contribution is 9.10. The van der Waals surface area contributed by atoms with Gasteiger partial charge < -0.3 is 5.73 Å². The molecule has 0 radical (unpaired) electrons. The zero-order valence-electron chi connectivity index (χ0n) is 6.25. The molecule has 1 heterocycles. The molecule has 0 bridgehead atoms. The second kappa shape index (κ2) is 3.12. The zero-order valence-corrected chi connectivity index (χ0v) is 8.65. The average molecular weight is 243 g/mol. The number of aromatic nitrogens is 1. The van der Waals surface area contributed by atoms with Crippen molar-refractivity contribution >= 4 is 37.5 Å². The Labute approximate surface area is 82.7 Å². The minimum Gasteiger partial charge on any atom is -0.325 e. The van der Waals surface area contributed by atoms with E-state index in [0.29, 0.717) is 6.54 Å². The summed E-state index contributed by atoms with van der Waals surface area (Å²) in [6.07, 6.45) is 0. The number of fused-ring (bicyclic) bond motifs is 1. The van der Waals surface area contributed by atoms with Crippen molar-refractivity contribution in [3.05, 3.63) is 28.4 Å². The smallest absolute Gasteiger partial charge is 0.0756 e. The van der Waals surface area contributed by atoms with E-state index in [1.54, 1.807) is 0 Å². The van der Waals surface area contributed by atoms with E-state index in [2.05, 4.69) is 20.3 Å². The summed E-state index contributed by atoms with van der Waals surface area (Å²) in [7, 11) is 0. The maximum absolute atomic E-state index is 5.54. The Morgan fingerprint density at radius 2 is 2.33 bits per heavy atom. The monoisotopic (exact) mass is 242 g/mol. The van der Waals surface area contributed by atoms with Gasteiger partial charge in [-0.3, -0.25) is 0 Å². The Bertz CT molecular complexity index is 410. The van der Waals surface area contributed by atoms with Gasteiger partial charge in [-0.1, -0.05) is 12.1 Å². The molecule has 0 aliphatic carbocycles. The second-order valence-electron chi connectivity index (χ2n) is 2.45. The summed E-state index contributed by atoms with van der Waals surface area (Å²) in [6, 6.07) is 6.06. The molecule has 62 valence electrons. The van der Waals surface area contributed by atoms with Crippen LogP contribution in [0.5, 0.6) is 0 Å². The van der Waals surface area contributed by atoms with Gasteiger partial charge in [0.2, 0.25) is 0 Å². The summed E-state index contributed by atoms with van der Waals surface area (Å²) >= 11 is 4.96. The first kappa shape index (κ1) is 8.16. The highest BCUT2D eigenvalue weighted by atomic mass is 79.9. The Kier molecular flexibility index (Phi) is 2.12. The number of halogens is 1. The van der Waals surface area contributed by atoms with E-state index in [4.69, 9.17) is 5.73 Å². The van der Waals surface area contributed by atoms with E-state index in [1.807, 2.05) is 18.2 Å². The Balaban J connectivity index is 2.80. The molecular formula is C8H7BrN2S. The molecule has 0 amide bonds. The third-order valence-electron chi connectivity index (χ3n) is 1.72. The lowest BCUT2D eigenvalue weighted by molar-refractivity contribution is 1.04. The van der Waals surface area contributed by atoms with Crippen LogP contribution in [0.3, 0.4) is 0 Å². The molecule has 2 rings (SSSR count). The van der Waals surface area contributed by atoms with Crippen molar-refractivity contribution in [2.45, 2.75) is 6.54 Å². The Hall–Kier alpha value is -0.450. The minimum absolute atomic E-state index is 0.510. The lowest BCUT2D eigenvalue weighted by atomic mass is 10.2. The third-order valence-corrected chi connectivity index (χ3v) is 3.58. The standard InChI is InChI=1S/C8H7BrN2S/c9-6-3-1-2-5-7(4-10)11-12-8(5)6/h1-3H,4,10H2. The highest BCUT2D eigenvalue weighted by Crippen LogP contribution is 2.29. The molecule has 0 saturated carbocycles. The lowest BCUT2D eigenvalue weighted by Crippen LogP contribution is -1.95. The van der Waals surface area contributed by atoms with Crippen LogP contribution in [0.25, 0.3) is 10.1 Å². The topological polar surface area (TPSA) is 38.9 Å². The number of nitrogens with zero attached hydrogens (tertiary/aromatic N) is 1. The maximum atomic E-state index is 5.54. The summed E-state index contributed by atoms with van der Waals surface area (Å²) in [5.41, 5.74) is 6.52. The second-order valence-corrected chi connectivity index (χ2v) is 4.08. The Morgan fingerprint density at radius 3 is 3.08 bits per heavy atom. The predicted octanol–water partition coefficient (Wildman–Crippen LogP) is 2.52. The van der Waals surface area contributed by atoms with Gasteiger partial charge in [-0.25, -0.2) is 0 Å². The van der Waals surface area contributed by atoms with Crippen molar-refractivity contribution in [2.24, 2.45) is 5.73 Å². The third kappa shape index (κ3) is 1.16. The Morgan fingerprint density at radius 1 is 1.50 bits per heavy atom. The van der Waals surface area contributed by atoms with Gasteiger partial charge in [0.25, 0.3) is 0 Å². The van der Waals surface area contributed by atoms with Crippen molar-refractivity contribution in [2.75, 3.05) is 0 Å². The van der Waals surface area contributed by atoms with Gasteiger partial charge in [-0.05, 0) is 33.5 Å². The van der Waals surface area contributed by atoms with Gasteiger partial charge in [0.1, 0.15) is 0 Å². The first-order valence-corrected chi connectivity index (χ1v) is 5.12. The lowest BCUT2D eigenvalue weighted by Gasteiger charge is -1.92. The van der Waals surface area contributed by atoms with Gasteiger partial charge in [0.15, 0.2) is 0 Å². The van der Waals surface area contributed by atoms with Crippen molar-refractivity contribution in [3.8, 4) is 0 Å². The molecule has 0 fully saturated rings. The maximum Gasteiger partial charge on any atom is 0.0756 e. The van der Waals surface area contributed by atoms with Crippen LogP contribution in [0.4, 0.5) is 0 Å². The first-order chi connectivity index (χ1) is 5.83. The molecule has 0 aliphatic rings. The molecule has 2 nitrogen and oxygen atoms in total. The van der Waals surface area contributed by atoms with Crippen LogP contribution >= 0.6 is 27.5 Å². The molecule has 0 saturated heterocycles. The summed E-state index contributed by atoms with van der Waals surface area (Å²) in [5, 5.41) is 1.16. The summed E-state index contributed by atoms with van der Waals surface area (Å²) in [4.78, 5) is 0. The van der Waals surface area contributed by atoms with Gasteiger partial charge in [-0.2, -0.15) is 4.37 Å². The molecule has 0 unspecified atom stereocenters. The van der Waals surface area contributed by atoms with Crippen LogP contribution in [0, 0.1) is 0 Å². The van der Waals surface area contributed by atoms with Crippen molar-refractivity contribution < 1.29 is 0 Å². The molecule has 1 aromatic carbocycles. The molecule has 0 aliphatic heterocycles. The van der Waals surface area contributed by atoms with Gasteiger partial charge >= 0.3 is 0 Å². The van der Waals surface area contributed by atoms with Crippen LogP contribution in [-0.4, -0.2) is 4.37 Å². The van der Waals surface area contributed by atoms with Crippen molar-refractivity contribution in [3.63, 3.8) is 0 Å². The van der Waals surface area contributed by atoms with Crippen LogP contribution < -0.4 is 5.73 Å². The fourth-order valence-electron chi connectivity index (χ4n) is 1.13. The van der Waals surface area contributed by atoms with E-state index < -0.39 is 0 Å². The fourth-order valence-corrected chi connectivity index (χ4v) is 2.52. The molecule has 0 atom stereocenters. The van der Waals surface area contributed by atoms with Gasteiger partial charge in [-0.15, -0.1) is 0 Å². The first-order valence-electron chi connectivity index (χ1n) is 3.56.